The Labute approximate surface area is 101 Å². The quantitative estimate of drug-likeness (QED) is 0.723. The minimum Gasteiger partial charge on any atom is -0.299 e. The standard InChI is InChI=1S/C15H16NO/c17-15-10-6-7-11-12(8-10)16-14(13(11)15)9-4-2-1-3-5-9/h1-5,10-14H,6-8H2/t10-,11+,12+,13+,14?/m1/s1. The fraction of sp³-hybridized carbons (Fsp3) is 0.533. The number of carbonyl (C=O) groups excluding carboxylic acids is 1. The molecule has 2 heteroatoms. The molecule has 4 fully saturated rings. The summed E-state index contributed by atoms with van der Waals surface area (Å²) in [6, 6.07) is 11.0. The van der Waals surface area contributed by atoms with E-state index in [2.05, 4.69) is 24.3 Å². The van der Waals surface area contributed by atoms with Gasteiger partial charge in [0.1, 0.15) is 5.78 Å². The van der Waals surface area contributed by atoms with Gasteiger partial charge in [-0.15, -0.1) is 0 Å². The summed E-state index contributed by atoms with van der Waals surface area (Å²) in [5, 5.41) is 4.93. The monoisotopic (exact) mass is 226 g/mol. The zero-order valence-corrected chi connectivity index (χ0v) is 9.75. The van der Waals surface area contributed by atoms with Gasteiger partial charge in [-0.05, 0) is 30.7 Å². The van der Waals surface area contributed by atoms with E-state index in [0.29, 0.717) is 23.7 Å². The Morgan fingerprint density at radius 3 is 2.76 bits per heavy atom. The zero-order valence-electron chi connectivity index (χ0n) is 9.75. The van der Waals surface area contributed by atoms with Crippen LogP contribution in [0.3, 0.4) is 0 Å². The lowest BCUT2D eigenvalue weighted by atomic mass is 9.62. The second kappa shape index (κ2) is 3.42. The van der Waals surface area contributed by atoms with Crippen LogP contribution in [0.15, 0.2) is 30.3 Å². The van der Waals surface area contributed by atoms with Crippen molar-refractivity contribution in [2.45, 2.75) is 31.3 Å². The predicted molar refractivity (Wildman–Crippen MR) is 64.4 cm³/mol. The van der Waals surface area contributed by atoms with Gasteiger partial charge in [0, 0.05) is 17.9 Å². The number of hydrogen-bond acceptors (Lipinski definition) is 1. The highest BCUT2D eigenvalue weighted by molar-refractivity contribution is 5.87. The van der Waals surface area contributed by atoms with Crippen LogP contribution in [-0.4, -0.2) is 11.8 Å². The van der Waals surface area contributed by atoms with E-state index < -0.39 is 0 Å². The number of fused-ring (bicyclic) bond motifs is 1. The molecule has 87 valence electrons. The molecule has 17 heavy (non-hydrogen) atoms. The Morgan fingerprint density at radius 2 is 1.94 bits per heavy atom. The Morgan fingerprint density at radius 1 is 1.12 bits per heavy atom. The van der Waals surface area contributed by atoms with E-state index in [1.165, 1.54) is 12.0 Å². The number of benzene rings is 1. The maximum Gasteiger partial charge on any atom is 0.141 e. The summed E-state index contributed by atoms with van der Waals surface area (Å²) < 4.78 is 0. The van der Waals surface area contributed by atoms with Crippen molar-refractivity contribution in [3.63, 3.8) is 0 Å². The van der Waals surface area contributed by atoms with E-state index >= 15 is 0 Å². The van der Waals surface area contributed by atoms with Crippen LogP contribution in [0.5, 0.6) is 0 Å². The third-order valence-electron chi connectivity index (χ3n) is 4.89. The minimum absolute atomic E-state index is 0.156. The van der Waals surface area contributed by atoms with Gasteiger partial charge < -0.3 is 0 Å². The van der Waals surface area contributed by atoms with Gasteiger partial charge in [-0.2, -0.15) is 0 Å². The molecule has 4 bridgehead atoms. The number of nitrogens with zero attached hydrogens (tertiary/aromatic N) is 1. The fourth-order valence-corrected chi connectivity index (χ4v) is 4.13. The highest BCUT2D eigenvalue weighted by Gasteiger charge is 2.56. The van der Waals surface area contributed by atoms with Crippen molar-refractivity contribution < 1.29 is 4.79 Å². The highest BCUT2D eigenvalue weighted by Crippen LogP contribution is 2.53. The van der Waals surface area contributed by atoms with Gasteiger partial charge in [0.05, 0.1) is 6.04 Å². The van der Waals surface area contributed by atoms with E-state index in [-0.39, 0.29) is 12.0 Å². The molecule has 3 aliphatic carbocycles. The topological polar surface area (TPSA) is 31.2 Å². The van der Waals surface area contributed by atoms with Gasteiger partial charge in [0.15, 0.2) is 0 Å². The number of hydrogen-bond donors (Lipinski definition) is 0. The molecule has 3 saturated carbocycles. The lowest BCUT2D eigenvalue weighted by Gasteiger charge is -2.39. The summed E-state index contributed by atoms with van der Waals surface area (Å²) in [4.78, 5) is 12.4. The first-order valence-electron chi connectivity index (χ1n) is 6.63. The van der Waals surface area contributed by atoms with Crippen molar-refractivity contribution in [1.82, 2.24) is 5.32 Å². The van der Waals surface area contributed by atoms with Crippen LogP contribution in [-0.2, 0) is 4.79 Å². The molecule has 0 aromatic heterocycles. The van der Waals surface area contributed by atoms with E-state index in [0.717, 1.165) is 12.8 Å². The second-order valence-electron chi connectivity index (χ2n) is 5.67. The molecule has 0 spiro atoms. The molecular formula is C15H16NO. The Balaban J connectivity index is 1.74. The summed E-state index contributed by atoms with van der Waals surface area (Å²) in [7, 11) is 0. The largest absolute Gasteiger partial charge is 0.299 e. The SMILES string of the molecule is O=C1[C@@H]2CC[C@H]3[C@H](C2)[N]C(c2ccccc2)[C@@H]13. The molecule has 5 rings (SSSR count). The molecule has 1 saturated heterocycles. The van der Waals surface area contributed by atoms with Crippen molar-refractivity contribution in [2.75, 3.05) is 0 Å². The molecule has 5 atom stereocenters. The van der Waals surface area contributed by atoms with Crippen LogP contribution >= 0.6 is 0 Å². The van der Waals surface area contributed by atoms with Crippen molar-refractivity contribution in [2.24, 2.45) is 17.8 Å². The third kappa shape index (κ3) is 1.28. The molecule has 0 N–H and O–H groups in total. The lowest BCUT2D eigenvalue weighted by molar-refractivity contribution is -0.134. The molecular weight excluding hydrogens is 210 g/mol. The Kier molecular flexibility index (Phi) is 1.98. The molecule has 4 aliphatic rings. The van der Waals surface area contributed by atoms with Crippen LogP contribution < -0.4 is 5.32 Å². The van der Waals surface area contributed by atoms with E-state index in [1.807, 2.05) is 6.07 Å². The first-order chi connectivity index (χ1) is 8.34. The maximum absolute atomic E-state index is 12.4. The van der Waals surface area contributed by atoms with Crippen molar-refractivity contribution >= 4 is 5.78 Å². The summed E-state index contributed by atoms with van der Waals surface area (Å²) in [6.45, 7) is 0. The summed E-state index contributed by atoms with van der Waals surface area (Å²) in [5.74, 6) is 1.59. The number of ketones is 1. The lowest BCUT2D eigenvalue weighted by Crippen LogP contribution is -2.44. The Bertz CT molecular complexity index is 455. The first-order valence-corrected chi connectivity index (χ1v) is 6.63. The van der Waals surface area contributed by atoms with Crippen molar-refractivity contribution in [3.8, 4) is 0 Å². The van der Waals surface area contributed by atoms with Gasteiger partial charge in [-0.1, -0.05) is 30.3 Å². The molecule has 1 radical (unpaired) electrons. The first kappa shape index (κ1) is 9.84. The van der Waals surface area contributed by atoms with E-state index in [4.69, 9.17) is 5.32 Å². The van der Waals surface area contributed by atoms with Crippen molar-refractivity contribution in [3.05, 3.63) is 35.9 Å². The average Bonchev–Trinajstić information content (AvgIpc) is 2.71. The Hall–Kier alpha value is -1.15. The number of carbonyl (C=O) groups is 1. The van der Waals surface area contributed by atoms with Gasteiger partial charge in [-0.3, -0.25) is 4.79 Å². The van der Waals surface area contributed by atoms with Gasteiger partial charge >= 0.3 is 0 Å². The molecule has 0 amide bonds. The van der Waals surface area contributed by atoms with Crippen LogP contribution in [0.2, 0.25) is 0 Å². The number of Topliss-reactive ketones (excluding diaryl/α,β-unsaturated/α-hetero) is 1. The van der Waals surface area contributed by atoms with Crippen LogP contribution in [0.25, 0.3) is 0 Å². The predicted octanol–water partition coefficient (Wildman–Crippen LogP) is 2.33. The summed E-state index contributed by atoms with van der Waals surface area (Å²) in [5.41, 5.74) is 1.24. The molecule has 1 aromatic rings. The molecule has 1 unspecified atom stereocenters. The second-order valence-corrected chi connectivity index (χ2v) is 5.67. The van der Waals surface area contributed by atoms with Crippen LogP contribution in [0.4, 0.5) is 0 Å². The van der Waals surface area contributed by atoms with Gasteiger partial charge in [-0.25, -0.2) is 5.32 Å². The molecule has 1 aromatic carbocycles. The molecule has 2 nitrogen and oxygen atoms in total. The van der Waals surface area contributed by atoms with E-state index in [1.54, 1.807) is 0 Å². The van der Waals surface area contributed by atoms with E-state index in [9.17, 15) is 4.79 Å². The van der Waals surface area contributed by atoms with Crippen LogP contribution in [0, 0.1) is 17.8 Å². The smallest absolute Gasteiger partial charge is 0.141 e. The van der Waals surface area contributed by atoms with Gasteiger partial charge in [0.25, 0.3) is 0 Å². The summed E-state index contributed by atoms with van der Waals surface area (Å²) in [6.07, 6.45) is 3.37. The number of rotatable bonds is 1. The van der Waals surface area contributed by atoms with Crippen LogP contribution in [0.1, 0.15) is 30.9 Å². The fourth-order valence-electron chi connectivity index (χ4n) is 4.13. The third-order valence-corrected chi connectivity index (χ3v) is 4.89. The van der Waals surface area contributed by atoms with Crippen molar-refractivity contribution in [1.29, 1.82) is 0 Å². The molecule has 1 heterocycles. The summed E-state index contributed by atoms with van der Waals surface area (Å²) >= 11 is 0. The van der Waals surface area contributed by atoms with Gasteiger partial charge in [0.2, 0.25) is 0 Å². The maximum atomic E-state index is 12.4. The molecule has 1 aliphatic heterocycles. The average molecular weight is 226 g/mol. The normalized spacial score (nSPS) is 43.1. The zero-order chi connectivity index (χ0) is 11.4. The highest BCUT2D eigenvalue weighted by atomic mass is 16.1. The minimum atomic E-state index is 0.156.